The summed E-state index contributed by atoms with van der Waals surface area (Å²) in [5.41, 5.74) is 24.6. The van der Waals surface area contributed by atoms with Gasteiger partial charge in [-0.25, -0.2) is 0 Å². The van der Waals surface area contributed by atoms with E-state index < -0.39 is 0 Å². The van der Waals surface area contributed by atoms with E-state index in [2.05, 4.69) is 161 Å². The number of fused-ring (bicyclic) bond motifs is 21. The lowest BCUT2D eigenvalue weighted by Crippen LogP contribution is -2.62. The van der Waals surface area contributed by atoms with Crippen LogP contribution in [0.15, 0.2) is 152 Å². The van der Waals surface area contributed by atoms with Crippen LogP contribution >= 0.6 is 0 Å². The topological polar surface area (TPSA) is 6.48 Å². The highest BCUT2D eigenvalue weighted by Crippen LogP contribution is 2.67. The molecule has 59 heavy (non-hydrogen) atoms. The van der Waals surface area contributed by atoms with Gasteiger partial charge in [0, 0.05) is 45.0 Å². The van der Waals surface area contributed by atoms with Crippen molar-refractivity contribution in [3.8, 4) is 22.3 Å². The summed E-state index contributed by atoms with van der Waals surface area (Å²) in [5.74, 6) is 3.18. The van der Waals surface area contributed by atoms with Gasteiger partial charge in [0.25, 0.3) is 6.71 Å². The molecule has 2 aliphatic heterocycles. The first-order valence-electron chi connectivity index (χ1n) is 22.6. The third kappa shape index (κ3) is 3.75. The summed E-state index contributed by atoms with van der Waals surface area (Å²) in [7, 11) is 0. The lowest BCUT2D eigenvalue weighted by atomic mass is 9.32. The summed E-state index contributed by atoms with van der Waals surface area (Å²) in [6, 6.07) is 59.5. The Morgan fingerprint density at radius 2 is 1.00 bits per heavy atom. The van der Waals surface area contributed by atoms with Gasteiger partial charge in [0.1, 0.15) is 0 Å². The molecular weight excluding hydrogens is 711 g/mol. The molecule has 0 radical (unpaired) electrons. The van der Waals surface area contributed by atoms with Crippen molar-refractivity contribution in [3.05, 3.63) is 174 Å². The lowest BCUT2D eigenvalue weighted by molar-refractivity contribution is 0.327. The fraction of sp³-hybridized carbons (Fsp3) is 0.250. The van der Waals surface area contributed by atoms with Gasteiger partial charge in [0.05, 0.1) is 0 Å². The third-order valence-corrected chi connectivity index (χ3v) is 17.4. The van der Waals surface area contributed by atoms with Gasteiger partial charge >= 0.3 is 0 Å². The summed E-state index contributed by atoms with van der Waals surface area (Å²) in [4.78, 5) is 5.23. The Morgan fingerprint density at radius 3 is 1.73 bits per heavy atom. The zero-order chi connectivity index (χ0) is 38.2. The summed E-state index contributed by atoms with van der Waals surface area (Å²) in [6.45, 7) is 0.104. The van der Waals surface area contributed by atoms with Gasteiger partial charge in [-0.2, -0.15) is 0 Å². The monoisotopic (exact) mass is 756 g/mol. The summed E-state index contributed by atoms with van der Waals surface area (Å²) >= 11 is 0. The molecule has 4 saturated carbocycles. The predicted octanol–water partition coefficient (Wildman–Crippen LogP) is 11.9. The molecular formula is C56H45BN2. The van der Waals surface area contributed by atoms with Crippen LogP contribution in [0.3, 0.4) is 0 Å². The minimum atomic E-state index is 0.104. The van der Waals surface area contributed by atoms with E-state index in [1.807, 2.05) is 0 Å². The van der Waals surface area contributed by atoms with Crippen molar-refractivity contribution >= 4 is 57.2 Å². The third-order valence-electron chi connectivity index (χ3n) is 17.4. The van der Waals surface area contributed by atoms with E-state index in [1.165, 1.54) is 124 Å². The SMILES string of the molecule is c1ccc(N2c3cccc4c3B(c3ccccc3N4c3ccc4c(c3)-c3ccccc3[C@]43C[C@H]4CC[C@@H]3C4)c3c2ccc2c3-c3ccccc3[C@@]23CC2CCC3C2)cc1. The molecule has 0 saturated heterocycles. The van der Waals surface area contributed by atoms with Gasteiger partial charge < -0.3 is 9.80 Å². The van der Waals surface area contributed by atoms with Crippen LogP contribution in [-0.2, 0) is 10.8 Å². The summed E-state index contributed by atoms with van der Waals surface area (Å²) in [6.07, 6.45) is 10.9. The van der Waals surface area contributed by atoms with Crippen LogP contribution in [0.25, 0.3) is 22.3 Å². The Bertz CT molecular complexity index is 2990. The second kappa shape index (κ2) is 11.1. The molecule has 2 heterocycles. The maximum Gasteiger partial charge on any atom is 0.252 e. The van der Waals surface area contributed by atoms with Crippen molar-refractivity contribution in [1.82, 2.24) is 0 Å². The number of hydrogen-bond donors (Lipinski definition) is 0. The molecule has 8 aliphatic rings. The van der Waals surface area contributed by atoms with E-state index in [9.17, 15) is 0 Å². The van der Waals surface area contributed by atoms with Crippen LogP contribution in [-0.4, -0.2) is 6.71 Å². The van der Waals surface area contributed by atoms with Crippen LogP contribution in [0.4, 0.5) is 34.1 Å². The van der Waals surface area contributed by atoms with Crippen molar-refractivity contribution in [3.63, 3.8) is 0 Å². The van der Waals surface area contributed by atoms with Crippen molar-refractivity contribution in [2.24, 2.45) is 23.7 Å². The zero-order valence-corrected chi connectivity index (χ0v) is 33.4. The number of rotatable bonds is 2. The van der Waals surface area contributed by atoms with Crippen LogP contribution in [0.5, 0.6) is 0 Å². The lowest BCUT2D eigenvalue weighted by Gasteiger charge is -2.45. The van der Waals surface area contributed by atoms with Crippen LogP contribution in [0, 0.1) is 23.7 Å². The van der Waals surface area contributed by atoms with Crippen LogP contribution < -0.4 is 26.2 Å². The van der Waals surface area contributed by atoms with Gasteiger partial charge in [-0.05, 0) is 172 Å². The van der Waals surface area contributed by atoms with E-state index in [0.29, 0.717) is 0 Å². The highest BCUT2D eigenvalue weighted by atomic mass is 15.2. The Kier molecular flexibility index (Phi) is 6.02. The molecule has 7 aromatic carbocycles. The first-order valence-corrected chi connectivity index (χ1v) is 22.6. The minimum absolute atomic E-state index is 0.104. The molecule has 7 aromatic rings. The fourth-order valence-electron chi connectivity index (χ4n) is 15.5. The highest BCUT2D eigenvalue weighted by Gasteiger charge is 2.59. The second-order valence-electron chi connectivity index (χ2n) is 19.6. The maximum atomic E-state index is 2.63. The van der Waals surface area contributed by atoms with Gasteiger partial charge in [-0.15, -0.1) is 0 Å². The summed E-state index contributed by atoms with van der Waals surface area (Å²) < 4.78 is 0. The largest absolute Gasteiger partial charge is 0.311 e. The number of anilines is 6. The molecule has 0 N–H and O–H groups in total. The average Bonchev–Trinajstić information content (AvgIpc) is 4.17. The first-order chi connectivity index (χ1) is 29.2. The number of para-hydroxylation sites is 2. The predicted molar refractivity (Wildman–Crippen MR) is 244 cm³/mol. The highest BCUT2D eigenvalue weighted by molar-refractivity contribution is 7.01. The number of hydrogen-bond acceptors (Lipinski definition) is 2. The van der Waals surface area contributed by atoms with Crippen molar-refractivity contribution in [1.29, 1.82) is 0 Å². The molecule has 2 unspecified atom stereocenters. The molecule has 6 aliphatic carbocycles. The molecule has 3 heteroatoms. The van der Waals surface area contributed by atoms with Crippen molar-refractivity contribution in [2.45, 2.75) is 62.2 Å². The van der Waals surface area contributed by atoms with Gasteiger partial charge in [0.2, 0.25) is 0 Å². The molecule has 6 atom stereocenters. The van der Waals surface area contributed by atoms with Gasteiger partial charge in [0.15, 0.2) is 0 Å². The zero-order valence-electron chi connectivity index (χ0n) is 33.4. The van der Waals surface area contributed by atoms with Gasteiger partial charge in [-0.3, -0.25) is 0 Å². The van der Waals surface area contributed by atoms with E-state index in [-0.39, 0.29) is 17.5 Å². The van der Waals surface area contributed by atoms with E-state index in [0.717, 1.165) is 23.7 Å². The van der Waals surface area contributed by atoms with E-state index in [1.54, 1.807) is 22.3 Å². The molecule has 2 spiro atoms. The molecule has 4 fully saturated rings. The quantitative estimate of drug-likeness (QED) is 0.162. The number of nitrogens with zero attached hydrogens (tertiary/aromatic N) is 2. The van der Waals surface area contributed by atoms with Crippen LogP contribution in [0.1, 0.15) is 73.6 Å². The first kappa shape index (κ1) is 32.1. The normalized spacial score (nSPS) is 27.5. The maximum absolute atomic E-state index is 2.63. The molecule has 282 valence electrons. The van der Waals surface area contributed by atoms with Gasteiger partial charge in [-0.1, -0.05) is 116 Å². The standard InChI is InChI=1S/C56H45BN2/c1-2-11-38(12-3-1)58-49-19-10-20-50-53(49)57(54-51(58)28-27-46-52(54)41-14-5-7-16-44(41)56(46)33-35-22-24-37(56)30-35)47-17-8-9-18-48(47)59(50)39-25-26-45-42(31-39)40-13-4-6-15-43(40)55(45)32-34-21-23-36(55)29-34/h1-20,25-28,31,34-37H,21-24,29-30,32-33H2/t34-,35?,36+,37?,55+,56-/m0/s1. The summed E-state index contributed by atoms with van der Waals surface area (Å²) in [5, 5.41) is 0. The van der Waals surface area contributed by atoms with E-state index in [4.69, 9.17) is 0 Å². The Balaban J connectivity index is 0.996. The molecule has 0 amide bonds. The average molecular weight is 757 g/mol. The van der Waals surface area contributed by atoms with Crippen LogP contribution in [0.2, 0.25) is 0 Å². The Hall–Kier alpha value is -5.80. The molecule has 4 bridgehead atoms. The fourth-order valence-corrected chi connectivity index (χ4v) is 15.5. The Labute approximate surface area is 347 Å². The van der Waals surface area contributed by atoms with E-state index >= 15 is 0 Å². The second-order valence-corrected chi connectivity index (χ2v) is 19.6. The molecule has 15 rings (SSSR count). The Morgan fingerprint density at radius 1 is 0.424 bits per heavy atom. The molecule has 2 nitrogen and oxygen atoms in total. The smallest absolute Gasteiger partial charge is 0.252 e. The molecule has 0 aromatic heterocycles. The number of benzene rings is 7. The minimum Gasteiger partial charge on any atom is -0.311 e. The van der Waals surface area contributed by atoms with Crippen molar-refractivity contribution < 1.29 is 0 Å². The van der Waals surface area contributed by atoms with Crippen molar-refractivity contribution in [2.75, 3.05) is 9.80 Å².